The summed E-state index contributed by atoms with van der Waals surface area (Å²) in [6.45, 7) is 6.16. The summed E-state index contributed by atoms with van der Waals surface area (Å²) < 4.78 is 10.2. The first-order chi connectivity index (χ1) is 7.76. The van der Waals surface area contributed by atoms with Gasteiger partial charge in [0.1, 0.15) is 5.76 Å². The minimum atomic E-state index is -0.178. The van der Waals surface area contributed by atoms with Gasteiger partial charge in [-0.2, -0.15) is 0 Å². The van der Waals surface area contributed by atoms with Gasteiger partial charge in [0, 0.05) is 0 Å². The molecule has 4 nitrogen and oxygen atoms in total. The molecule has 0 saturated heterocycles. The lowest BCUT2D eigenvalue weighted by molar-refractivity contribution is -0.144. The smallest absolute Gasteiger partial charge is 0.320 e. The van der Waals surface area contributed by atoms with Crippen LogP contribution < -0.4 is 0 Å². The standard InChI is InChI=1S/C12H19NO3/c1-3-7-13(10-12(14)15-4-2)9-11-6-5-8-16-11/h5-6,8H,3-4,7,9-10H2,1-2H3. The van der Waals surface area contributed by atoms with Gasteiger partial charge in [-0.05, 0) is 32.0 Å². The Morgan fingerprint density at radius 3 is 2.88 bits per heavy atom. The molecule has 0 aromatic carbocycles. The Kier molecular flexibility index (Phi) is 5.64. The van der Waals surface area contributed by atoms with Crippen molar-refractivity contribution in [3.63, 3.8) is 0 Å². The number of carbonyl (C=O) groups is 1. The molecule has 0 aliphatic heterocycles. The summed E-state index contributed by atoms with van der Waals surface area (Å²) in [6.07, 6.45) is 2.64. The number of carbonyl (C=O) groups excluding carboxylic acids is 1. The molecule has 16 heavy (non-hydrogen) atoms. The maximum Gasteiger partial charge on any atom is 0.320 e. The van der Waals surface area contributed by atoms with E-state index in [1.165, 1.54) is 0 Å². The average Bonchev–Trinajstić information content (AvgIpc) is 2.71. The molecular weight excluding hydrogens is 206 g/mol. The van der Waals surface area contributed by atoms with E-state index in [-0.39, 0.29) is 5.97 Å². The van der Waals surface area contributed by atoms with Crippen molar-refractivity contribution in [3.05, 3.63) is 24.2 Å². The molecule has 0 atom stereocenters. The van der Waals surface area contributed by atoms with E-state index in [1.807, 2.05) is 24.0 Å². The van der Waals surface area contributed by atoms with Gasteiger partial charge in [-0.25, -0.2) is 0 Å². The summed E-state index contributed by atoms with van der Waals surface area (Å²) in [5, 5.41) is 0. The van der Waals surface area contributed by atoms with Crippen LogP contribution in [0.2, 0.25) is 0 Å². The van der Waals surface area contributed by atoms with Crippen molar-refractivity contribution < 1.29 is 13.9 Å². The molecule has 0 aliphatic carbocycles. The van der Waals surface area contributed by atoms with E-state index < -0.39 is 0 Å². The van der Waals surface area contributed by atoms with Gasteiger partial charge in [-0.3, -0.25) is 9.69 Å². The zero-order chi connectivity index (χ0) is 11.8. The highest BCUT2D eigenvalue weighted by molar-refractivity contribution is 5.71. The minimum absolute atomic E-state index is 0.178. The molecule has 1 aromatic rings. The summed E-state index contributed by atoms with van der Waals surface area (Å²) in [7, 11) is 0. The summed E-state index contributed by atoms with van der Waals surface area (Å²) in [4.78, 5) is 13.4. The van der Waals surface area contributed by atoms with E-state index in [0.717, 1.165) is 18.7 Å². The third kappa shape index (κ3) is 4.49. The first-order valence-electron chi connectivity index (χ1n) is 5.66. The van der Waals surface area contributed by atoms with Crippen LogP contribution in [0.15, 0.2) is 22.8 Å². The fourth-order valence-electron chi connectivity index (χ4n) is 1.54. The molecule has 1 aromatic heterocycles. The SMILES string of the molecule is CCCN(CC(=O)OCC)Cc1ccco1. The zero-order valence-corrected chi connectivity index (χ0v) is 9.94. The van der Waals surface area contributed by atoms with Crippen LogP contribution in [0.1, 0.15) is 26.0 Å². The Hall–Kier alpha value is -1.29. The van der Waals surface area contributed by atoms with E-state index in [4.69, 9.17) is 9.15 Å². The van der Waals surface area contributed by atoms with Gasteiger partial charge in [0.15, 0.2) is 0 Å². The molecule has 0 unspecified atom stereocenters. The van der Waals surface area contributed by atoms with E-state index in [9.17, 15) is 4.79 Å². The number of esters is 1. The van der Waals surface area contributed by atoms with E-state index >= 15 is 0 Å². The summed E-state index contributed by atoms with van der Waals surface area (Å²) in [5.74, 6) is 0.695. The van der Waals surface area contributed by atoms with Gasteiger partial charge >= 0.3 is 5.97 Å². The van der Waals surface area contributed by atoms with Gasteiger partial charge in [0.25, 0.3) is 0 Å². The molecule has 0 fully saturated rings. The molecule has 4 heteroatoms. The van der Waals surface area contributed by atoms with Crippen LogP contribution in [0.4, 0.5) is 0 Å². The van der Waals surface area contributed by atoms with Gasteiger partial charge in [0.05, 0.1) is 26.0 Å². The number of rotatable bonds is 7. The van der Waals surface area contributed by atoms with Crippen molar-refractivity contribution in [3.8, 4) is 0 Å². The number of hydrogen-bond donors (Lipinski definition) is 0. The molecule has 1 heterocycles. The lowest BCUT2D eigenvalue weighted by atomic mass is 10.3. The van der Waals surface area contributed by atoms with E-state index in [1.54, 1.807) is 6.26 Å². The summed E-state index contributed by atoms with van der Waals surface area (Å²) in [5.41, 5.74) is 0. The van der Waals surface area contributed by atoms with Crippen molar-refractivity contribution in [2.24, 2.45) is 0 Å². The van der Waals surface area contributed by atoms with Crippen LogP contribution in [0.25, 0.3) is 0 Å². The van der Waals surface area contributed by atoms with Crippen molar-refractivity contribution in [1.29, 1.82) is 0 Å². The Morgan fingerprint density at radius 1 is 1.50 bits per heavy atom. The molecule has 0 bridgehead atoms. The second-order valence-corrected chi connectivity index (χ2v) is 3.60. The van der Waals surface area contributed by atoms with Crippen molar-refractivity contribution in [2.75, 3.05) is 19.7 Å². The van der Waals surface area contributed by atoms with Crippen LogP contribution in [-0.4, -0.2) is 30.6 Å². The second kappa shape index (κ2) is 7.06. The third-order valence-corrected chi connectivity index (χ3v) is 2.16. The van der Waals surface area contributed by atoms with E-state index in [2.05, 4.69) is 6.92 Å². The van der Waals surface area contributed by atoms with Gasteiger partial charge in [-0.1, -0.05) is 6.92 Å². The Balaban J connectivity index is 2.44. The summed E-state index contributed by atoms with van der Waals surface area (Å²) >= 11 is 0. The average molecular weight is 225 g/mol. The van der Waals surface area contributed by atoms with Gasteiger partial charge in [-0.15, -0.1) is 0 Å². The normalized spacial score (nSPS) is 10.7. The van der Waals surface area contributed by atoms with Crippen LogP contribution in [0, 0.1) is 0 Å². The first-order valence-corrected chi connectivity index (χ1v) is 5.66. The Labute approximate surface area is 96.2 Å². The van der Waals surface area contributed by atoms with Crippen LogP contribution >= 0.6 is 0 Å². The van der Waals surface area contributed by atoms with Gasteiger partial charge < -0.3 is 9.15 Å². The lowest BCUT2D eigenvalue weighted by Gasteiger charge is -2.18. The topological polar surface area (TPSA) is 42.7 Å². The number of nitrogens with zero attached hydrogens (tertiary/aromatic N) is 1. The number of hydrogen-bond acceptors (Lipinski definition) is 4. The highest BCUT2D eigenvalue weighted by Gasteiger charge is 2.12. The Morgan fingerprint density at radius 2 is 2.31 bits per heavy atom. The number of furan rings is 1. The van der Waals surface area contributed by atoms with Crippen molar-refractivity contribution in [1.82, 2.24) is 4.90 Å². The summed E-state index contributed by atoms with van der Waals surface area (Å²) in [6, 6.07) is 3.76. The fourth-order valence-corrected chi connectivity index (χ4v) is 1.54. The molecule has 90 valence electrons. The lowest BCUT2D eigenvalue weighted by Crippen LogP contribution is -2.31. The second-order valence-electron chi connectivity index (χ2n) is 3.60. The molecule has 1 rings (SSSR count). The molecular formula is C12H19NO3. The van der Waals surface area contributed by atoms with Crippen molar-refractivity contribution in [2.45, 2.75) is 26.8 Å². The third-order valence-electron chi connectivity index (χ3n) is 2.16. The van der Waals surface area contributed by atoms with Gasteiger partial charge in [0.2, 0.25) is 0 Å². The molecule has 0 N–H and O–H groups in total. The maximum absolute atomic E-state index is 11.4. The Bertz CT molecular complexity index is 295. The largest absolute Gasteiger partial charge is 0.468 e. The van der Waals surface area contributed by atoms with E-state index in [0.29, 0.717) is 19.7 Å². The predicted molar refractivity (Wildman–Crippen MR) is 60.9 cm³/mol. The maximum atomic E-state index is 11.4. The quantitative estimate of drug-likeness (QED) is 0.666. The van der Waals surface area contributed by atoms with Crippen LogP contribution in [-0.2, 0) is 16.1 Å². The van der Waals surface area contributed by atoms with Crippen LogP contribution in [0.5, 0.6) is 0 Å². The first kappa shape index (κ1) is 12.8. The fraction of sp³-hybridized carbons (Fsp3) is 0.583. The molecule has 0 radical (unpaired) electrons. The zero-order valence-electron chi connectivity index (χ0n) is 9.94. The predicted octanol–water partition coefficient (Wildman–Crippen LogP) is 2.05. The van der Waals surface area contributed by atoms with Crippen LogP contribution in [0.3, 0.4) is 0 Å². The van der Waals surface area contributed by atoms with Crippen molar-refractivity contribution >= 4 is 5.97 Å². The highest BCUT2D eigenvalue weighted by Crippen LogP contribution is 2.06. The highest BCUT2D eigenvalue weighted by atomic mass is 16.5. The number of ether oxygens (including phenoxy) is 1. The molecule has 0 spiro atoms. The minimum Gasteiger partial charge on any atom is -0.468 e. The molecule has 0 saturated carbocycles. The molecule has 0 amide bonds. The molecule has 0 aliphatic rings. The monoisotopic (exact) mass is 225 g/mol.